The number of nitrogens with one attached hydrogen (secondary N) is 1. The summed E-state index contributed by atoms with van der Waals surface area (Å²) in [6.45, 7) is 2.20. The number of phenols is 1. The van der Waals surface area contributed by atoms with Crippen LogP contribution in [0, 0.1) is 11.3 Å². The molecule has 8 nitrogen and oxygen atoms in total. The summed E-state index contributed by atoms with van der Waals surface area (Å²) in [5.74, 6) is -0.412. The minimum absolute atomic E-state index is 0.0468. The highest BCUT2D eigenvalue weighted by molar-refractivity contribution is 7.81. The summed E-state index contributed by atoms with van der Waals surface area (Å²) in [5, 5.41) is 23.3. The SMILES string of the molecule is CCO[C@H](CCOC(=O)CS)[C@H](OC(=O)Nc1ccc(C#N)cc1)c1ccc(O)c2ccccc12. The molecule has 0 aliphatic heterocycles. The molecular weight excluding hydrogens is 468 g/mol. The van der Waals surface area contributed by atoms with E-state index in [4.69, 9.17) is 19.5 Å². The number of esters is 1. The predicted molar refractivity (Wildman–Crippen MR) is 134 cm³/mol. The molecule has 0 spiro atoms. The molecule has 3 rings (SSSR count). The fourth-order valence-corrected chi connectivity index (χ4v) is 3.75. The largest absolute Gasteiger partial charge is 0.507 e. The van der Waals surface area contributed by atoms with E-state index < -0.39 is 24.3 Å². The van der Waals surface area contributed by atoms with Crippen LogP contribution in [-0.2, 0) is 19.0 Å². The average Bonchev–Trinajstić information content (AvgIpc) is 2.88. The Hall–Kier alpha value is -3.74. The number of nitriles is 1. The maximum absolute atomic E-state index is 12.9. The second-order valence-electron chi connectivity index (χ2n) is 7.52. The Labute approximate surface area is 208 Å². The number of ether oxygens (including phenoxy) is 3. The van der Waals surface area contributed by atoms with Crippen molar-refractivity contribution < 1.29 is 28.9 Å². The molecule has 0 aromatic heterocycles. The van der Waals surface area contributed by atoms with Crippen molar-refractivity contribution in [3.63, 3.8) is 0 Å². The van der Waals surface area contributed by atoms with Gasteiger partial charge in [0.25, 0.3) is 0 Å². The van der Waals surface area contributed by atoms with Crippen LogP contribution in [0.5, 0.6) is 5.75 Å². The number of aromatic hydroxyl groups is 1. The number of hydrogen-bond acceptors (Lipinski definition) is 8. The van der Waals surface area contributed by atoms with E-state index in [9.17, 15) is 14.7 Å². The highest BCUT2D eigenvalue weighted by Crippen LogP contribution is 2.35. The molecule has 0 radical (unpaired) electrons. The van der Waals surface area contributed by atoms with Crippen LogP contribution in [0.4, 0.5) is 10.5 Å². The molecule has 35 heavy (non-hydrogen) atoms. The number of anilines is 1. The predicted octanol–water partition coefficient (Wildman–Crippen LogP) is 4.98. The van der Waals surface area contributed by atoms with Gasteiger partial charge in [-0.1, -0.05) is 30.3 Å². The molecular formula is C26H26N2O6S. The van der Waals surface area contributed by atoms with E-state index in [1.807, 2.05) is 25.1 Å². The number of phenolic OH excluding ortho intramolecular Hbond substituents is 1. The maximum Gasteiger partial charge on any atom is 0.412 e. The molecule has 0 unspecified atom stereocenters. The minimum Gasteiger partial charge on any atom is -0.507 e. The fourth-order valence-electron chi connectivity index (χ4n) is 3.66. The molecule has 0 fully saturated rings. The quantitative estimate of drug-likeness (QED) is 0.269. The van der Waals surface area contributed by atoms with Crippen molar-refractivity contribution in [3.8, 4) is 11.8 Å². The molecule has 1 amide bonds. The smallest absolute Gasteiger partial charge is 0.412 e. The van der Waals surface area contributed by atoms with E-state index in [2.05, 4.69) is 17.9 Å². The number of carbonyl (C=O) groups is 2. The van der Waals surface area contributed by atoms with Gasteiger partial charge in [-0.25, -0.2) is 4.79 Å². The zero-order valence-corrected chi connectivity index (χ0v) is 20.0. The molecule has 9 heteroatoms. The van der Waals surface area contributed by atoms with Crippen LogP contribution >= 0.6 is 12.6 Å². The zero-order valence-electron chi connectivity index (χ0n) is 19.1. The molecule has 2 N–H and O–H groups in total. The number of rotatable bonds is 10. The van der Waals surface area contributed by atoms with Crippen molar-refractivity contribution in [3.05, 3.63) is 71.8 Å². The van der Waals surface area contributed by atoms with Crippen molar-refractivity contribution >= 4 is 41.2 Å². The molecule has 182 valence electrons. The summed E-state index contributed by atoms with van der Waals surface area (Å²) in [7, 11) is 0. The highest BCUT2D eigenvalue weighted by atomic mass is 32.1. The van der Waals surface area contributed by atoms with Gasteiger partial charge >= 0.3 is 12.1 Å². The van der Waals surface area contributed by atoms with E-state index in [0.717, 1.165) is 0 Å². The number of fused-ring (bicyclic) bond motifs is 1. The molecule has 0 saturated carbocycles. The van der Waals surface area contributed by atoms with Gasteiger partial charge in [0.05, 0.1) is 24.0 Å². The van der Waals surface area contributed by atoms with Crippen LogP contribution in [0.1, 0.15) is 30.6 Å². The van der Waals surface area contributed by atoms with Gasteiger partial charge in [0.1, 0.15) is 11.9 Å². The summed E-state index contributed by atoms with van der Waals surface area (Å²) in [5.41, 5.74) is 1.55. The summed E-state index contributed by atoms with van der Waals surface area (Å²) < 4.78 is 17.0. The van der Waals surface area contributed by atoms with Gasteiger partial charge in [0.15, 0.2) is 6.10 Å². The van der Waals surface area contributed by atoms with E-state index >= 15 is 0 Å². The number of thiol groups is 1. The molecule has 0 aliphatic carbocycles. The molecule has 3 aromatic carbocycles. The Morgan fingerprint density at radius 1 is 1.09 bits per heavy atom. The molecule has 0 heterocycles. The lowest BCUT2D eigenvalue weighted by Gasteiger charge is -2.28. The van der Waals surface area contributed by atoms with E-state index in [0.29, 0.717) is 34.2 Å². The van der Waals surface area contributed by atoms with E-state index in [-0.39, 0.29) is 24.5 Å². The van der Waals surface area contributed by atoms with Crippen LogP contribution in [0.2, 0.25) is 0 Å². The first-order valence-corrected chi connectivity index (χ1v) is 11.7. The molecule has 0 saturated heterocycles. The lowest BCUT2D eigenvalue weighted by atomic mass is 9.95. The number of benzene rings is 3. The third kappa shape index (κ3) is 6.88. The number of nitrogens with zero attached hydrogens (tertiary/aromatic N) is 1. The van der Waals surface area contributed by atoms with Crippen LogP contribution < -0.4 is 5.32 Å². The monoisotopic (exact) mass is 494 g/mol. The van der Waals surface area contributed by atoms with Gasteiger partial charge in [-0.05, 0) is 42.6 Å². The topological polar surface area (TPSA) is 118 Å². The van der Waals surface area contributed by atoms with Gasteiger partial charge in [-0.15, -0.1) is 0 Å². The average molecular weight is 495 g/mol. The van der Waals surface area contributed by atoms with Gasteiger partial charge in [-0.2, -0.15) is 17.9 Å². The van der Waals surface area contributed by atoms with Gasteiger partial charge in [-0.3, -0.25) is 10.1 Å². The zero-order chi connectivity index (χ0) is 25.2. The number of amides is 1. The Morgan fingerprint density at radius 3 is 2.46 bits per heavy atom. The van der Waals surface area contributed by atoms with E-state index in [1.54, 1.807) is 42.5 Å². The first-order chi connectivity index (χ1) is 17.0. The Kier molecular flexibility index (Phi) is 9.35. The van der Waals surface area contributed by atoms with Crippen molar-refractivity contribution in [2.75, 3.05) is 24.3 Å². The standard InChI is InChI=1S/C26H26N2O6S/c1-2-32-23(13-14-33-24(30)16-35)25(21-11-12-22(29)20-6-4-3-5-19(20)21)34-26(31)28-18-9-7-17(15-27)8-10-18/h3-12,23,25,29,35H,2,13-14,16H2,1H3,(H,28,31)/t23-,25-/m1/s1. The van der Waals surface area contributed by atoms with Crippen molar-refractivity contribution in [1.82, 2.24) is 0 Å². The summed E-state index contributed by atoms with van der Waals surface area (Å²) in [6, 6.07) is 18.8. The Morgan fingerprint density at radius 2 is 1.80 bits per heavy atom. The number of carbonyl (C=O) groups excluding carboxylic acids is 2. The third-order valence-corrected chi connectivity index (χ3v) is 5.51. The van der Waals surface area contributed by atoms with Crippen LogP contribution in [0.15, 0.2) is 60.7 Å². The normalized spacial score (nSPS) is 12.4. The molecule has 2 atom stereocenters. The second-order valence-corrected chi connectivity index (χ2v) is 7.84. The van der Waals surface area contributed by atoms with Crippen LogP contribution in [-0.4, -0.2) is 42.2 Å². The first-order valence-electron chi connectivity index (χ1n) is 11.0. The molecule has 0 bridgehead atoms. The summed E-state index contributed by atoms with van der Waals surface area (Å²) in [4.78, 5) is 24.4. The van der Waals surface area contributed by atoms with E-state index in [1.165, 1.54) is 6.07 Å². The molecule has 3 aromatic rings. The van der Waals surface area contributed by atoms with Crippen molar-refractivity contribution in [1.29, 1.82) is 5.26 Å². The lowest BCUT2D eigenvalue weighted by molar-refractivity contribution is -0.142. The maximum atomic E-state index is 12.9. The highest BCUT2D eigenvalue weighted by Gasteiger charge is 2.30. The van der Waals surface area contributed by atoms with Crippen LogP contribution in [0.25, 0.3) is 10.8 Å². The Bertz CT molecular complexity index is 1210. The van der Waals surface area contributed by atoms with Gasteiger partial charge in [0, 0.05) is 29.7 Å². The van der Waals surface area contributed by atoms with Gasteiger partial charge in [0.2, 0.25) is 0 Å². The Balaban J connectivity index is 1.92. The summed E-state index contributed by atoms with van der Waals surface area (Å²) in [6.07, 6.45) is -1.99. The van der Waals surface area contributed by atoms with Gasteiger partial charge < -0.3 is 19.3 Å². The second kappa shape index (κ2) is 12.6. The fraction of sp³-hybridized carbons (Fsp3) is 0.269. The summed E-state index contributed by atoms with van der Waals surface area (Å²) >= 11 is 3.91. The molecule has 0 aliphatic rings. The number of hydrogen-bond donors (Lipinski definition) is 3. The first kappa shape index (κ1) is 25.9. The minimum atomic E-state index is -0.881. The van der Waals surface area contributed by atoms with Crippen molar-refractivity contribution in [2.24, 2.45) is 0 Å². The van der Waals surface area contributed by atoms with Crippen molar-refractivity contribution in [2.45, 2.75) is 25.6 Å². The van der Waals surface area contributed by atoms with Crippen LogP contribution in [0.3, 0.4) is 0 Å². The lowest BCUT2D eigenvalue weighted by Crippen LogP contribution is -2.30. The third-order valence-electron chi connectivity index (χ3n) is 5.25.